The molecule has 0 radical (unpaired) electrons. The molecule has 2 fully saturated rings. The Hall–Kier alpha value is -3.24. The fourth-order valence-electron chi connectivity index (χ4n) is 3.49. The summed E-state index contributed by atoms with van der Waals surface area (Å²) in [7, 11) is -4.85. The average molecular weight is 513 g/mol. The first-order valence-corrected chi connectivity index (χ1v) is 12.2. The van der Waals surface area contributed by atoms with Crippen molar-refractivity contribution >= 4 is 48.8 Å². The minimum absolute atomic E-state index is 0.156. The highest BCUT2D eigenvalue weighted by molar-refractivity contribution is 7.98. The van der Waals surface area contributed by atoms with E-state index in [4.69, 9.17) is 24.5 Å². The third kappa shape index (κ3) is 4.07. The number of phosphoric ester groups is 1. The largest absolute Gasteiger partial charge is 0.530 e. The first-order chi connectivity index (χ1) is 16.3. The maximum absolute atomic E-state index is 12.2. The quantitative estimate of drug-likeness (QED) is 0.203. The van der Waals surface area contributed by atoms with Crippen LogP contribution in [0.2, 0.25) is 0 Å². The van der Waals surface area contributed by atoms with Crippen LogP contribution in [0.5, 0.6) is 0 Å². The van der Waals surface area contributed by atoms with Crippen LogP contribution in [-0.4, -0.2) is 77.4 Å². The maximum atomic E-state index is 12.2. The molecule has 5 rings (SSSR count). The second-order valence-corrected chi connectivity index (χ2v) is 9.14. The molecule has 0 aliphatic carbocycles. The summed E-state index contributed by atoms with van der Waals surface area (Å²) in [5.74, 6) is 0.156. The minimum Gasteiger partial charge on any atom is -0.424 e. The van der Waals surface area contributed by atoms with Crippen LogP contribution in [-0.2, 0) is 27.8 Å². The molecule has 3 N–H and O–H groups in total. The SMILES string of the molecule is CSc1nc(N)c2ncn([C@@H]3O[C@H](COP(=O)(O)OC(=O)n4ccnc4)[C@H]4OC(=O)O[C@H]43)c2n1. The number of hydrogen-bond acceptors (Lipinski definition) is 14. The van der Waals surface area contributed by atoms with Gasteiger partial charge in [0.1, 0.15) is 17.9 Å². The number of ether oxygens (including phenoxy) is 3. The zero-order chi connectivity index (χ0) is 24.0. The van der Waals surface area contributed by atoms with Gasteiger partial charge in [-0.05, 0) is 6.26 Å². The number of fused-ring (bicyclic) bond motifs is 2. The lowest BCUT2D eigenvalue weighted by atomic mass is 10.1. The molecular weight excluding hydrogens is 497 g/mol. The average Bonchev–Trinajstić information content (AvgIpc) is 3.56. The van der Waals surface area contributed by atoms with Crippen molar-refractivity contribution in [3.8, 4) is 0 Å². The Morgan fingerprint density at radius 2 is 2.12 bits per heavy atom. The second-order valence-electron chi connectivity index (χ2n) is 6.99. The molecular formula is C16H16N7O9PS. The summed E-state index contributed by atoms with van der Waals surface area (Å²) < 4.78 is 40.3. The number of nitrogen functional groups attached to an aromatic ring is 1. The number of carbonyl (C=O) groups excluding carboxylic acids is 2. The first-order valence-electron chi connectivity index (χ1n) is 9.52. The number of carbonyl (C=O) groups is 2. The van der Waals surface area contributed by atoms with Crippen molar-refractivity contribution in [1.29, 1.82) is 0 Å². The van der Waals surface area contributed by atoms with E-state index < -0.39 is 51.2 Å². The van der Waals surface area contributed by atoms with E-state index in [1.165, 1.54) is 35.0 Å². The van der Waals surface area contributed by atoms with Gasteiger partial charge < -0.3 is 24.5 Å². The predicted octanol–water partition coefficient (Wildman–Crippen LogP) is 0.930. The van der Waals surface area contributed by atoms with Crippen LogP contribution in [0, 0.1) is 0 Å². The van der Waals surface area contributed by atoms with Crippen LogP contribution >= 0.6 is 19.6 Å². The molecule has 5 atom stereocenters. The number of aromatic nitrogens is 6. The number of phosphoric acid groups is 1. The van der Waals surface area contributed by atoms with E-state index in [0.29, 0.717) is 16.3 Å². The summed E-state index contributed by atoms with van der Waals surface area (Å²) in [5, 5.41) is 0.391. The van der Waals surface area contributed by atoms with Crippen molar-refractivity contribution < 1.29 is 42.3 Å². The molecule has 180 valence electrons. The lowest BCUT2D eigenvalue weighted by Gasteiger charge is -2.19. The highest BCUT2D eigenvalue weighted by atomic mass is 32.2. The Kier molecular flexibility index (Phi) is 5.65. The van der Waals surface area contributed by atoms with Crippen molar-refractivity contribution in [3.05, 3.63) is 25.0 Å². The van der Waals surface area contributed by atoms with Gasteiger partial charge in [-0.1, -0.05) is 11.8 Å². The molecule has 16 nitrogen and oxygen atoms in total. The Balaban J connectivity index is 1.35. The number of hydrogen-bond donors (Lipinski definition) is 2. The van der Waals surface area contributed by atoms with E-state index >= 15 is 0 Å². The van der Waals surface area contributed by atoms with Gasteiger partial charge in [-0.25, -0.2) is 38.7 Å². The zero-order valence-electron chi connectivity index (χ0n) is 17.2. The van der Waals surface area contributed by atoms with Crippen LogP contribution in [0.1, 0.15) is 6.23 Å². The summed E-state index contributed by atoms with van der Waals surface area (Å²) in [6.07, 6.45) is 0.684. The molecule has 0 saturated carbocycles. The van der Waals surface area contributed by atoms with Gasteiger partial charge >= 0.3 is 20.1 Å². The maximum Gasteiger partial charge on any atom is 0.530 e. The standard InChI is InChI=1S/C16H16N7O9PS/c1-34-14-20-11(17)8-12(21-14)23(6-19-8)13-10-9(30-16(25)31-10)7(29-13)4-28-33(26,27)32-15(24)22-3-2-18-5-22/h2-3,5-7,9-10,13H,4H2,1H3,(H,26,27)(H2,17,20,21)/t7-,9-,10-,13-/m1/s1. The van der Waals surface area contributed by atoms with E-state index in [1.54, 1.807) is 6.26 Å². The molecule has 3 aromatic heterocycles. The molecule has 2 saturated heterocycles. The monoisotopic (exact) mass is 513 g/mol. The molecule has 3 aromatic rings. The van der Waals surface area contributed by atoms with Crippen LogP contribution in [0.15, 0.2) is 30.2 Å². The summed E-state index contributed by atoms with van der Waals surface area (Å²) >= 11 is 1.27. The smallest absolute Gasteiger partial charge is 0.424 e. The van der Waals surface area contributed by atoms with Gasteiger partial charge in [0.25, 0.3) is 0 Å². The summed E-state index contributed by atoms with van der Waals surface area (Å²) in [5.41, 5.74) is 6.59. The number of rotatable bonds is 6. The second kappa shape index (κ2) is 8.52. The normalized spacial score (nSPS) is 25.5. The van der Waals surface area contributed by atoms with Crippen molar-refractivity contribution in [1.82, 2.24) is 29.1 Å². The number of nitrogens with zero attached hydrogens (tertiary/aromatic N) is 6. The zero-order valence-corrected chi connectivity index (χ0v) is 18.9. The molecule has 0 spiro atoms. The Morgan fingerprint density at radius 3 is 2.85 bits per heavy atom. The van der Waals surface area contributed by atoms with Gasteiger partial charge in [0, 0.05) is 12.4 Å². The molecule has 0 aromatic carbocycles. The van der Waals surface area contributed by atoms with Gasteiger partial charge in [0.15, 0.2) is 35.1 Å². The van der Waals surface area contributed by atoms with E-state index in [2.05, 4.69) is 24.5 Å². The third-order valence-electron chi connectivity index (χ3n) is 4.95. The Morgan fingerprint density at radius 1 is 1.32 bits per heavy atom. The van der Waals surface area contributed by atoms with Gasteiger partial charge in [-0.3, -0.25) is 14.0 Å². The topological polar surface area (TPSA) is 205 Å². The van der Waals surface area contributed by atoms with E-state index in [0.717, 1.165) is 10.9 Å². The number of imidazole rings is 2. The highest BCUT2D eigenvalue weighted by Crippen LogP contribution is 2.46. The van der Waals surface area contributed by atoms with E-state index in [9.17, 15) is 19.0 Å². The minimum atomic E-state index is -4.85. The van der Waals surface area contributed by atoms with E-state index in [-0.39, 0.29) is 5.82 Å². The van der Waals surface area contributed by atoms with Crippen LogP contribution < -0.4 is 5.73 Å². The summed E-state index contributed by atoms with van der Waals surface area (Å²) in [6.45, 7) is -0.570. The molecule has 18 heteroatoms. The van der Waals surface area contributed by atoms with Gasteiger partial charge in [-0.2, -0.15) is 0 Å². The molecule has 0 bridgehead atoms. The van der Waals surface area contributed by atoms with E-state index in [1.807, 2.05) is 0 Å². The third-order valence-corrected chi connectivity index (χ3v) is 6.36. The number of thioether (sulfide) groups is 1. The Bertz CT molecular complexity index is 1300. The van der Waals surface area contributed by atoms with Gasteiger partial charge in [-0.15, -0.1) is 0 Å². The number of anilines is 1. The van der Waals surface area contributed by atoms with Crippen molar-refractivity contribution in [3.63, 3.8) is 0 Å². The van der Waals surface area contributed by atoms with Crippen molar-refractivity contribution in [2.24, 2.45) is 0 Å². The van der Waals surface area contributed by atoms with Crippen LogP contribution in [0.25, 0.3) is 11.2 Å². The molecule has 2 aliphatic heterocycles. The van der Waals surface area contributed by atoms with Crippen molar-refractivity contribution in [2.45, 2.75) is 29.7 Å². The van der Waals surface area contributed by atoms with Crippen LogP contribution in [0.4, 0.5) is 15.4 Å². The van der Waals surface area contributed by atoms with Crippen molar-refractivity contribution in [2.75, 3.05) is 18.6 Å². The fraction of sp³-hybridized carbons (Fsp3) is 0.375. The Labute approximate surface area is 193 Å². The molecule has 1 unspecified atom stereocenters. The molecule has 5 heterocycles. The lowest BCUT2D eigenvalue weighted by molar-refractivity contribution is -0.0696. The molecule has 2 aliphatic rings. The number of nitrogens with two attached hydrogens (primary N) is 1. The lowest BCUT2D eigenvalue weighted by Crippen LogP contribution is -2.31. The molecule has 0 amide bonds. The highest BCUT2D eigenvalue weighted by Gasteiger charge is 2.56. The van der Waals surface area contributed by atoms with Gasteiger partial charge in [0.05, 0.1) is 12.9 Å². The first kappa shape index (κ1) is 22.5. The molecule has 34 heavy (non-hydrogen) atoms. The van der Waals surface area contributed by atoms with Crippen LogP contribution in [0.3, 0.4) is 0 Å². The summed E-state index contributed by atoms with van der Waals surface area (Å²) in [4.78, 5) is 50.0. The summed E-state index contributed by atoms with van der Waals surface area (Å²) in [6, 6.07) is 0. The van der Waals surface area contributed by atoms with Gasteiger partial charge in [0.2, 0.25) is 0 Å². The fourth-order valence-corrected chi connectivity index (χ4v) is 4.53. The predicted molar refractivity (Wildman–Crippen MR) is 110 cm³/mol.